The molecule has 1 atom stereocenters. The van der Waals surface area contributed by atoms with E-state index in [0.29, 0.717) is 29.8 Å². The molecule has 0 amide bonds. The summed E-state index contributed by atoms with van der Waals surface area (Å²) in [6, 6.07) is 1.58. The molecule has 27 heavy (non-hydrogen) atoms. The summed E-state index contributed by atoms with van der Waals surface area (Å²) in [7, 11) is 0. The second-order valence-corrected chi connectivity index (χ2v) is 7.17. The van der Waals surface area contributed by atoms with E-state index in [1.165, 1.54) is 6.33 Å². The van der Waals surface area contributed by atoms with Gasteiger partial charge >= 0.3 is 6.18 Å². The Kier molecular flexibility index (Phi) is 4.41. The molecule has 2 aliphatic rings. The van der Waals surface area contributed by atoms with Crippen molar-refractivity contribution in [1.82, 2.24) is 25.3 Å². The van der Waals surface area contributed by atoms with Crippen molar-refractivity contribution < 1.29 is 18.0 Å². The molecule has 2 aromatic heterocycles. The summed E-state index contributed by atoms with van der Waals surface area (Å²) >= 11 is 0. The van der Waals surface area contributed by atoms with Gasteiger partial charge in [-0.05, 0) is 38.2 Å². The number of rotatable bonds is 5. The lowest BCUT2D eigenvalue weighted by Crippen LogP contribution is -2.36. The summed E-state index contributed by atoms with van der Waals surface area (Å²) in [5.74, 6) is -1.01. The van der Waals surface area contributed by atoms with Crippen LogP contribution in [0.1, 0.15) is 43.6 Å². The normalized spacial score (nSPS) is 20.8. The highest BCUT2D eigenvalue weighted by Crippen LogP contribution is 2.44. The van der Waals surface area contributed by atoms with Crippen LogP contribution in [0.2, 0.25) is 0 Å². The van der Waals surface area contributed by atoms with E-state index in [1.54, 1.807) is 6.07 Å². The number of carbonyl (C=O) groups is 1. The van der Waals surface area contributed by atoms with Crippen LogP contribution >= 0.6 is 0 Å². The van der Waals surface area contributed by atoms with Crippen LogP contribution in [0.25, 0.3) is 11.3 Å². The van der Waals surface area contributed by atoms with E-state index in [2.05, 4.69) is 25.3 Å². The Hall–Kier alpha value is -2.42. The number of aromatic nitrogens is 4. The fourth-order valence-corrected chi connectivity index (χ4v) is 3.45. The summed E-state index contributed by atoms with van der Waals surface area (Å²) in [5, 5.41) is 3.44. The number of hydrogen-bond acceptors (Lipinski definition) is 6. The average molecular weight is 377 g/mol. The first kappa shape index (κ1) is 18.0. The minimum atomic E-state index is -4.58. The Morgan fingerprint density at radius 2 is 1.89 bits per heavy atom. The first-order valence-corrected chi connectivity index (χ1v) is 8.86. The van der Waals surface area contributed by atoms with Gasteiger partial charge in [0.2, 0.25) is 5.82 Å². The standard InChI is InChI=1S/C18H18F3N5O/c19-18(20,21)16-22-8-11(9-23-16)14-7-12(24-10-25-14)1-2-15(27)13-3-4-17(26-13)5-6-17/h7-10,13,26H,1-6H2/t13-/m0/s1. The smallest absolute Gasteiger partial charge is 0.302 e. The van der Waals surface area contributed by atoms with Gasteiger partial charge in [-0.2, -0.15) is 13.2 Å². The van der Waals surface area contributed by atoms with Gasteiger partial charge < -0.3 is 5.32 Å². The lowest BCUT2D eigenvalue weighted by Gasteiger charge is -2.12. The van der Waals surface area contributed by atoms with Gasteiger partial charge in [-0.15, -0.1) is 0 Å². The maximum atomic E-state index is 12.6. The van der Waals surface area contributed by atoms with E-state index in [0.717, 1.165) is 38.1 Å². The van der Waals surface area contributed by atoms with Crippen molar-refractivity contribution in [2.75, 3.05) is 0 Å². The van der Waals surface area contributed by atoms with Crippen molar-refractivity contribution in [3.63, 3.8) is 0 Å². The van der Waals surface area contributed by atoms with Crippen LogP contribution in [0.4, 0.5) is 13.2 Å². The van der Waals surface area contributed by atoms with Crippen LogP contribution in [-0.4, -0.2) is 37.3 Å². The third kappa shape index (κ3) is 3.97. The molecule has 6 nitrogen and oxygen atoms in total. The lowest BCUT2D eigenvalue weighted by molar-refractivity contribution is -0.145. The molecular weight excluding hydrogens is 359 g/mol. The predicted octanol–water partition coefficient (Wildman–Crippen LogP) is 2.74. The van der Waals surface area contributed by atoms with Crippen LogP contribution in [0.5, 0.6) is 0 Å². The van der Waals surface area contributed by atoms with Crippen molar-refractivity contribution >= 4 is 5.78 Å². The number of ketones is 1. The number of hydrogen-bond donors (Lipinski definition) is 1. The molecule has 2 fully saturated rings. The van der Waals surface area contributed by atoms with Gasteiger partial charge in [0.25, 0.3) is 0 Å². The fourth-order valence-electron chi connectivity index (χ4n) is 3.45. The number of carbonyl (C=O) groups excluding carboxylic acids is 1. The highest BCUT2D eigenvalue weighted by atomic mass is 19.4. The molecule has 0 radical (unpaired) electrons. The molecule has 0 bridgehead atoms. The van der Waals surface area contributed by atoms with Crippen LogP contribution in [0.3, 0.4) is 0 Å². The van der Waals surface area contributed by atoms with Crippen molar-refractivity contribution in [3.05, 3.63) is 36.3 Å². The highest BCUT2D eigenvalue weighted by Gasteiger charge is 2.49. The quantitative estimate of drug-likeness (QED) is 0.863. The topological polar surface area (TPSA) is 80.7 Å². The molecule has 0 unspecified atom stereocenters. The molecule has 1 aliphatic heterocycles. The average Bonchev–Trinajstić information content (AvgIpc) is 3.28. The number of alkyl halides is 3. The Balaban J connectivity index is 1.39. The molecule has 142 valence electrons. The van der Waals surface area contributed by atoms with Crippen molar-refractivity contribution in [3.8, 4) is 11.3 Å². The molecule has 1 N–H and O–H groups in total. The SMILES string of the molecule is O=C(CCc1cc(-c2cnc(C(F)(F)F)nc2)ncn1)[C@@H]1CCC2(CC2)N1. The molecule has 3 heterocycles. The zero-order chi connectivity index (χ0) is 19.1. The first-order chi connectivity index (χ1) is 12.8. The maximum absolute atomic E-state index is 12.6. The second-order valence-electron chi connectivity index (χ2n) is 7.17. The first-order valence-electron chi connectivity index (χ1n) is 8.86. The molecule has 1 aliphatic carbocycles. The van der Waals surface area contributed by atoms with Gasteiger partial charge in [0, 0.05) is 35.6 Å². The van der Waals surface area contributed by atoms with E-state index in [9.17, 15) is 18.0 Å². The summed E-state index contributed by atoms with van der Waals surface area (Å²) in [4.78, 5) is 27.3. The van der Waals surface area contributed by atoms with Gasteiger partial charge in [-0.1, -0.05) is 0 Å². The van der Waals surface area contributed by atoms with Crippen LogP contribution in [0.15, 0.2) is 24.8 Å². The zero-order valence-corrected chi connectivity index (χ0v) is 14.5. The Bertz CT molecular complexity index is 849. The number of aryl methyl sites for hydroxylation is 1. The number of nitrogens with zero attached hydrogens (tertiary/aromatic N) is 4. The van der Waals surface area contributed by atoms with E-state index >= 15 is 0 Å². The van der Waals surface area contributed by atoms with Gasteiger partial charge in [-0.25, -0.2) is 19.9 Å². The van der Waals surface area contributed by atoms with Gasteiger partial charge in [0.05, 0.1) is 11.7 Å². The molecule has 2 aromatic rings. The maximum Gasteiger partial charge on any atom is 0.451 e. The van der Waals surface area contributed by atoms with Gasteiger partial charge in [0.1, 0.15) is 12.1 Å². The molecule has 1 spiro atoms. The van der Waals surface area contributed by atoms with Crippen LogP contribution in [-0.2, 0) is 17.4 Å². The van der Waals surface area contributed by atoms with E-state index in [4.69, 9.17) is 0 Å². The Labute approximate surface area is 153 Å². The molecule has 9 heteroatoms. The highest BCUT2D eigenvalue weighted by molar-refractivity contribution is 5.84. The Morgan fingerprint density at radius 1 is 1.15 bits per heavy atom. The molecule has 0 aromatic carbocycles. The van der Waals surface area contributed by atoms with Gasteiger partial charge in [0.15, 0.2) is 0 Å². The third-order valence-electron chi connectivity index (χ3n) is 5.19. The largest absolute Gasteiger partial charge is 0.451 e. The second kappa shape index (κ2) is 6.63. The number of halogens is 3. The summed E-state index contributed by atoms with van der Waals surface area (Å²) in [5.41, 5.74) is 1.68. The van der Waals surface area contributed by atoms with Crippen LogP contribution in [0, 0.1) is 0 Å². The predicted molar refractivity (Wildman–Crippen MR) is 89.5 cm³/mol. The van der Waals surface area contributed by atoms with Crippen LogP contribution < -0.4 is 5.32 Å². The van der Waals surface area contributed by atoms with Gasteiger partial charge in [-0.3, -0.25) is 4.79 Å². The summed E-state index contributed by atoms with van der Waals surface area (Å²) in [6.07, 6.45) is 4.01. The summed E-state index contributed by atoms with van der Waals surface area (Å²) in [6.45, 7) is 0. The zero-order valence-electron chi connectivity index (χ0n) is 14.5. The molecule has 4 rings (SSSR count). The molecule has 1 saturated carbocycles. The number of Topliss-reactive ketones (excluding diaryl/α,β-unsaturated/α-hetero) is 1. The lowest BCUT2D eigenvalue weighted by atomic mass is 10.0. The fraction of sp³-hybridized carbons (Fsp3) is 0.500. The monoisotopic (exact) mass is 377 g/mol. The number of nitrogens with one attached hydrogen (secondary N) is 1. The molecular formula is C18H18F3N5O. The minimum absolute atomic E-state index is 0.0721. The van der Waals surface area contributed by atoms with E-state index in [-0.39, 0.29) is 17.4 Å². The third-order valence-corrected chi connectivity index (χ3v) is 5.19. The van der Waals surface area contributed by atoms with Crippen molar-refractivity contribution in [2.45, 2.75) is 56.3 Å². The summed E-state index contributed by atoms with van der Waals surface area (Å²) < 4.78 is 37.7. The minimum Gasteiger partial charge on any atom is -0.302 e. The van der Waals surface area contributed by atoms with E-state index in [1.807, 2.05) is 0 Å². The molecule has 1 saturated heterocycles. The Morgan fingerprint density at radius 3 is 2.52 bits per heavy atom. The van der Waals surface area contributed by atoms with Crippen molar-refractivity contribution in [1.29, 1.82) is 0 Å². The van der Waals surface area contributed by atoms with Crippen molar-refractivity contribution in [2.24, 2.45) is 0 Å². The van der Waals surface area contributed by atoms with E-state index < -0.39 is 12.0 Å².